The summed E-state index contributed by atoms with van der Waals surface area (Å²) in [4.78, 5) is 24.1. The Morgan fingerprint density at radius 2 is 1.95 bits per heavy atom. The molecular weight excluding hydrogens is 280 g/mol. The first-order chi connectivity index (χ1) is 10.5. The number of amides is 3. The molecule has 3 amide bonds. The quantitative estimate of drug-likeness (QED) is 0.644. The largest absolute Gasteiger partial charge is 0.350 e. The summed E-state index contributed by atoms with van der Waals surface area (Å²) in [6.07, 6.45) is 2.29. The van der Waals surface area contributed by atoms with Gasteiger partial charge >= 0.3 is 6.03 Å². The van der Waals surface area contributed by atoms with Gasteiger partial charge in [-0.3, -0.25) is 4.79 Å². The summed E-state index contributed by atoms with van der Waals surface area (Å²) in [5.74, 6) is 0.307. The van der Waals surface area contributed by atoms with Gasteiger partial charge in [0.1, 0.15) is 0 Å². The lowest BCUT2D eigenvalue weighted by Gasteiger charge is -2.15. The van der Waals surface area contributed by atoms with Crippen LogP contribution in [0.4, 0.5) is 10.5 Å². The molecule has 1 aliphatic rings. The van der Waals surface area contributed by atoms with E-state index in [1.165, 1.54) is 0 Å². The second-order valence-corrected chi connectivity index (χ2v) is 6.01. The van der Waals surface area contributed by atoms with E-state index in [-0.39, 0.29) is 24.0 Å². The normalized spacial score (nSPS) is 15.3. The Hall–Kier alpha value is -2.08. The highest BCUT2D eigenvalue weighted by Crippen LogP contribution is 2.31. The molecule has 6 nitrogen and oxygen atoms in total. The minimum Gasteiger partial charge on any atom is -0.350 e. The predicted octanol–water partition coefficient (Wildman–Crippen LogP) is 1.68. The minimum atomic E-state index is -0.329. The lowest BCUT2D eigenvalue weighted by molar-refractivity contribution is 0.0951. The summed E-state index contributed by atoms with van der Waals surface area (Å²) in [6.45, 7) is 4.20. The zero-order chi connectivity index (χ0) is 16.1. The third kappa shape index (κ3) is 4.73. The molecule has 22 heavy (non-hydrogen) atoms. The molecule has 1 unspecified atom stereocenters. The number of hydrogen-bond acceptors (Lipinski definition) is 3. The monoisotopic (exact) mass is 304 g/mol. The van der Waals surface area contributed by atoms with Gasteiger partial charge in [-0.05, 0) is 44.7 Å². The predicted molar refractivity (Wildman–Crippen MR) is 86.8 cm³/mol. The molecule has 1 fully saturated rings. The molecule has 0 bridgehead atoms. The maximum Gasteiger partial charge on any atom is 0.319 e. The van der Waals surface area contributed by atoms with E-state index in [9.17, 15) is 9.59 Å². The molecule has 0 saturated heterocycles. The Bertz CT molecular complexity index is 541. The van der Waals surface area contributed by atoms with Crippen molar-refractivity contribution in [3.8, 4) is 0 Å². The highest BCUT2D eigenvalue weighted by atomic mass is 16.2. The highest BCUT2D eigenvalue weighted by Gasteiger charge is 2.28. The number of benzene rings is 1. The van der Waals surface area contributed by atoms with Crippen LogP contribution in [-0.4, -0.2) is 30.6 Å². The standard InChI is InChI=1S/C16H24N4O2/c1-10(2)19-16(22)20-14-6-4-3-5-12(14)15(21)18-9-13(17)11-7-8-11/h3-6,10-11,13H,7-9,17H2,1-2H3,(H,18,21)(H2,19,20,22). The van der Waals surface area contributed by atoms with Crippen molar-refractivity contribution in [3.05, 3.63) is 29.8 Å². The summed E-state index contributed by atoms with van der Waals surface area (Å²) in [6, 6.07) is 6.63. The van der Waals surface area contributed by atoms with Crippen molar-refractivity contribution in [2.75, 3.05) is 11.9 Å². The summed E-state index contributed by atoms with van der Waals surface area (Å²) in [5.41, 5.74) is 6.90. The molecule has 0 spiro atoms. The van der Waals surface area contributed by atoms with Crippen LogP contribution in [0.5, 0.6) is 0 Å². The third-order valence-electron chi connectivity index (χ3n) is 3.57. The Labute approximate surface area is 130 Å². The van der Waals surface area contributed by atoms with Gasteiger partial charge in [-0.15, -0.1) is 0 Å². The van der Waals surface area contributed by atoms with E-state index < -0.39 is 0 Å². The number of urea groups is 1. The van der Waals surface area contributed by atoms with Gasteiger partial charge in [-0.1, -0.05) is 12.1 Å². The van der Waals surface area contributed by atoms with Crippen molar-refractivity contribution in [1.82, 2.24) is 10.6 Å². The molecule has 1 aromatic rings. The molecule has 6 heteroatoms. The molecule has 0 radical (unpaired) electrons. The van der Waals surface area contributed by atoms with Crippen molar-refractivity contribution >= 4 is 17.6 Å². The van der Waals surface area contributed by atoms with Crippen LogP contribution < -0.4 is 21.7 Å². The number of carbonyl (C=O) groups excluding carboxylic acids is 2. The van der Waals surface area contributed by atoms with Crippen molar-refractivity contribution in [2.24, 2.45) is 11.7 Å². The van der Waals surface area contributed by atoms with Crippen LogP contribution in [-0.2, 0) is 0 Å². The van der Waals surface area contributed by atoms with Crippen LogP contribution in [0, 0.1) is 5.92 Å². The summed E-state index contributed by atoms with van der Waals surface area (Å²) < 4.78 is 0. The van der Waals surface area contributed by atoms with E-state index in [2.05, 4.69) is 16.0 Å². The van der Waals surface area contributed by atoms with E-state index >= 15 is 0 Å². The zero-order valence-electron chi connectivity index (χ0n) is 13.1. The second-order valence-electron chi connectivity index (χ2n) is 6.01. The average molecular weight is 304 g/mol. The Balaban J connectivity index is 1.97. The van der Waals surface area contributed by atoms with Crippen LogP contribution in [0.3, 0.4) is 0 Å². The fourth-order valence-corrected chi connectivity index (χ4v) is 2.21. The SMILES string of the molecule is CC(C)NC(=O)Nc1ccccc1C(=O)NCC(N)C1CC1. The van der Waals surface area contributed by atoms with Crippen LogP contribution in [0.15, 0.2) is 24.3 Å². The maximum atomic E-state index is 12.3. The number of rotatable bonds is 6. The molecule has 1 saturated carbocycles. The highest BCUT2D eigenvalue weighted by molar-refractivity contribution is 6.03. The second kappa shape index (κ2) is 7.26. The molecule has 120 valence electrons. The summed E-state index contributed by atoms with van der Waals surface area (Å²) in [7, 11) is 0. The van der Waals surface area contributed by atoms with E-state index in [0.717, 1.165) is 12.8 Å². The molecular formula is C16H24N4O2. The van der Waals surface area contributed by atoms with Crippen LogP contribution in [0.25, 0.3) is 0 Å². The first-order valence-corrected chi connectivity index (χ1v) is 7.67. The number of carbonyl (C=O) groups is 2. The van der Waals surface area contributed by atoms with Crippen LogP contribution in [0.2, 0.25) is 0 Å². The molecule has 1 aliphatic carbocycles. The van der Waals surface area contributed by atoms with E-state index in [1.54, 1.807) is 24.3 Å². The number of nitrogens with two attached hydrogens (primary N) is 1. The topological polar surface area (TPSA) is 96.2 Å². The fourth-order valence-electron chi connectivity index (χ4n) is 2.21. The summed E-state index contributed by atoms with van der Waals surface area (Å²) in [5, 5.41) is 8.27. The van der Waals surface area contributed by atoms with Crippen molar-refractivity contribution in [3.63, 3.8) is 0 Å². The Morgan fingerprint density at radius 1 is 1.27 bits per heavy atom. The molecule has 1 aromatic carbocycles. The van der Waals surface area contributed by atoms with Gasteiger partial charge in [-0.2, -0.15) is 0 Å². The van der Waals surface area contributed by atoms with Crippen molar-refractivity contribution in [2.45, 2.75) is 38.8 Å². The van der Waals surface area contributed by atoms with Gasteiger partial charge in [-0.25, -0.2) is 4.79 Å². The molecule has 1 atom stereocenters. The zero-order valence-corrected chi connectivity index (χ0v) is 13.1. The van der Waals surface area contributed by atoms with Crippen LogP contribution >= 0.6 is 0 Å². The molecule has 2 rings (SSSR count). The number of para-hydroxylation sites is 1. The Morgan fingerprint density at radius 3 is 2.59 bits per heavy atom. The Kier molecular flexibility index (Phi) is 5.38. The van der Waals surface area contributed by atoms with Gasteiger partial charge < -0.3 is 21.7 Å². The van der Waals surface area contributed by atoms with Gasteiger partial charge in [0.05, 0.1) is 11.3 Å². The van der Waals surface area contributed by atoms with Gasteiger partial charge in [0.25, 0.3) is 5.91 Å². The maximum absolute atomic E-state index is 12.3. The molecule has 0 aromatic heterocycles. The number of anilines is 1. The lowest BCUT2D eigenvalue weighted by atomic mass is 10.1. The van der Waals surface area contributed by atoms with Crippen molar-refractivity contribution in [1.29, 1.82) is 0 Å². The number of hydrogen-bond donors (Lipinski definition) is 4. The van der Waals surface area contributed by atoms with E-state index in [4.69, 9.17) is 5.73 Å². The van der Waals surface area contributed by atoms with Gasteiger partial charge in [0.15, 0.2) is 0 Å². The number of nitrogens with one attached hydrogen (secondary N) is 3. The molecule has 0 aliphatic heterocycles. The molecule has 0 heterocycles. The van der Waals surface area contributed by atoms with Gasteiger partial charge in [0, 0.05) is 18.6 Å². The van der Waals surface area contributed by atoms with E-state index in [0.29, 0.717) is 23.7 Å². The lowest BCUT2D eigenvalue weighted by Crippen LogP contribution is -2.39. The van der Waals surface area contributed by atoms with Gasteiger partial charge in [0.2, 0.25) is 0 Å². The van der Waals surface area contributed by atoms with Crippen molar-refractivity contribution < 1.29 is 9.59 Å². The first kappa shape index (κ1) is 16.3. The fraction of sp³-hybridized carbons (Fsp3) is 0.500. The molecule has 5 N–H and O–H groups in total. The summed E-state index contributed by atoms with van der Waals surface area (Å²) >= 11 is 0. The minimum absolute atomic E-state index is 0.00770. The van der Waals surface area contributed by atoms with Crippen LogP contribution in [0.1, 0.15) is 37.0 Å². The average Bonchev–Trinajstić information content (AvgIpc) is 3.28. The first-order valence-electron chi connectivity index (χ1n) is 7.67. The smallest absolute Gasteiger partial charge is 0.319 e. The van der Waals surface area contributed by atoms with E-state index in [1.807, 2.05) is 13.8 Å². The third-order valence-corrected chi connectivity index (χ3v) is 3.57.